The SMILES string of the molecule is Cn1c(=O)oc2cc(CNC(C)(C)c3ccccc3F)ccc21. The van der Waals surface area contributed by atoms with Crippen molar-refractivity contribution in [3.05, 3.63) is 70.0 Å². The van der Waals surface area contributed by atoms with Crippen LogP contribution in [0.3, 0.4) is 0 Å². The van der Waals surface area contributed by atoms with Gasteiger partial charge in [-0.3, -0.25) is 4.57 Å². The molecule has 0 spiro atoms. The molecule has 1 N–H and O–H groups in total. The minimum Gasteiger partial charge on any atom is -0.408 e. The number of fused-ring (bicyclic) bond motifs is 1. The Hall–Kier alpha value is -2.40. The van der Waals surface area contributed by atoms with Crippen LogP contribution in [-0.4, -0.2) is 4.57 Å². The number of rotatable bonds is 4. The van der Waals surface area contributed by atoms with Crippen LogP contribution in [0.2, 0.25) is 0 Å². The molecule has 4 nitrogen and oxygen atoms in total. The van der Waals surface area contributed by atoms with Crippen molar-refractivity contribution in [2.75, 3.05) is 0 Å². The first-order chi connectivity index (χ1) is 10.9. The van der Waals surface area contributed by atoms with Crippen molar-refractivity contribution in [3.63, 3.8) is 0 Å². The standard InChI is InChI=1S/C18H19FN2O2/c1-18(2,13-6-4-5-7-14(13)19)20-11-12-8-9-15-16(10-12)23-17(22)21(15)3/h4-10,20H,11H2,1-3H3. The maximum atomic E-state index is 14.0. The Morgan fingerprint density at radius 3 is 2.70 bits per heavy atom. The van der Waals surface area contributed by atoms with Gasteiger partial charge in [0.05, 0.1) is 5.52 Å². The lowest BCUT2D eigenvalue weighted by atomic mass is 9.93. The number of oxazole rings is 1. The van der Waals surface area contributed by atoms with Gasteiger partial charge in [0.15, 0.2) is 5.58 Å². The van der Waals surface area contributed by atoms with Crippen molar-refractivity contribution < 1.29 is 8.81 Å². The molecule has 0 bridgehead atoms. The summed E-state index contributed by atoms with van der Waals surface area (Å²) in [7, 11) is 1.67. The van der Waals surface area contributed by atoms with Crippen molar-refractivity contribution in [1.29, 1.82) is 0 Å². The van der Waals surface area contributed by atoms with Crippen LogP contribution in [0.5, 0.6) is 0 Å². The average molecular weight is 314 g/mol. The molecular weight excluding hydrogens is 295 g/mol. The molecule has 5 heteroatoms. The molecule has 0 amide bonds. The highest BCUT2D eigenvalue weighted by Crippen LogP contribution is 2.23. The summed E-state index contributed by atoms with van der Waals surface area (Å²) >= 11 is 0. The minimum absolute atomic E-state index is 0.227. The third kappa shape index (κ3) is 2.92. The van der Waals surface area contributed by atoms with Gasteiger partial charge in [-0.2, -0.15) is 0 Å². The topological polar surface area (TPSA) is 47.2 Å². The zero-order valence-electron chi connectivity index (χ0n) is 13.4. The number of halogens is 1. The zero-order valence-corrected chi connectivity index (χ0v) is 13.4. The Kier molecular flexibility index (Phi) is 3.82. The van der Waals surface area contributed by atoms with Gasteiger partial charge in [0, 0.05) is 24.7 Å². The van der Waals surface area contributed by atoms with E-state index in [2.05, 4.69) is 5.32 Å². The van der Waals surface area contributed by atoms with E-state index in [0.717, 1.165) is 11.1 Å². The predicted octanol–water partition coefficient (Wildman–Crippen LogP) is 3.30. The summed E-state index contributed by atoms with van der Waals surface area (Å²) in [6.07, 6.45) is 0. The lowest BCUT2D eigenvalue weighted by Crippen LogP contribution is -2.36. The Balaban J connectivity index is 1.82. The first-order valence-corrected chi connectivity index (χ1v) is 7.47. The van der Waals surface area contributed by atoms with E-state index in [1.165, 1.54) is 10.6 Å². The maximum absolute atomic E-state index is 14.0. The molecule has 0 saturated heterocycles. The number of nitrogens with zero attached hydrogens (tertiary/aromatic N) is 1. The molecule has 0 atom stereocenters. The van der Waals surface area contributed by atoms with Crippen molar-refractivity contribution in [2.45, 2.75) is 25.9 Å². The summed E-state index contributed by atoms with van der Waals surface area (Å²) in [5, 5.41) is 3.35. The van der Waals surface area contributed by atoms with E-state index in [1.807, 2.05) is 38.1 Å². The first-order valence-electron chi connectivity index (χ1n) is 7.47. The number of hydrogen-bond acceptors (Lipinski definition) is 3. The molecule has 1 heterocycles. The largest absolute Gasteiger partial charge is 0.419 e. The first kappa shape index (κ1) is 15.5. The highest BCUT2D eigenvalue weighted by atomic mass is 19.1. The van der Waals surface area contributed by atoms with Crippen LogP contribution in [0.25, 0.3) is 11.1 Å². The van der Waals surface area contributed by atoms with Crippen LogP contribution >= 0.6 is 0 Å². The molecule has 3 rings (SSSR count). The smallest absolute Gasteiger partial charge is 0.408 e. The summed E-state index contributed by atoms with van der Waals surface area (Å²) in [4.78, 5) is 11.5. The molecule has 0 radical (unpaired) electrons. The van der Waals surface area contributed by atoms with Crippen LogP contribution in [0.4, 0.5) is 4.39 Å². The van der Waals surface area contributed by atoms with Crippen LogP contribution < -0.4 is 11.1 Å². The van der Waals surface area contributed by atoms with Crippen molar-refractivity contribution in [3.8, 4) is 0 Å². The van der Waals surface area contributed by atoms with Gasteiger partial charge in [0.25, 0.3) is 0 Å². The summed E-state index contributed by atoms with van der Waals surface area (Å²) in [5.41, 5.74) is 2.38. The molecule has 120 valence electrons. The van der Waals surface area contributed by atoms with Crippen molar-refractivity contribution in [2.24, 2.45) is 7.05 Å². The zero-order chi connectivity index (χ0) is 16.6. The molecule has 0 fully saturated rings. The number of aromatic nitrogens is 1. The summed E-state index contributed by atoms with van der Waals surface area (Å²) in [6, 6.07) is 12.4. The highest BCUT2D eigenvalue weighted by molar-refractivity contribution is 5.73. The summed E-state index contributed by atoms with van der Waals surface area (Å²) in [6.45, 7) is 4.41. The molecule has 2 aromatic carbocycles. The molecule has 1 aromatic heterocycles. The van der Waals surface area contributed by atoms with Gasteiger partial charge in [-0.05, 0) is 37.6 Å². The van der Waals surface area contributed by atoms with Crippen LogP contribution in [0, 0.1) is 5.82 Å². The van der Waals surface area contributed by atoms with Crippen LogP contribution in [0.15, 0.2) is 51.7 Å². The molecule has 0 unspecified atom stereocenters. The monoisotopic (exact) mass is 314 g/mol. The molecule has 0 aliphatic carbocycles. The molecule has 0 aliphatic rings. The average Bonchev–Trinajstić information content (AvgIpc) is 2.80. The third-order valence-electron chi connectivity index (χ3n) is 4.14. The van der Waals surface area contributed by atoms with Gasteiger partial charge in [-0.1, -0.05) is 24.3 Å². The van der Waals surface area contributed by atoms with Gasteiger partial charge >= 0.3 is 5.76 Å². The number of aryl methyl sites for hydroxylation is 1. The fourth-order valence-corrected chi connectivity index (χ4v) is 2.67. The molecule has 3 aromatic rings. The Labute approximate surface area is 133 Å². The fraction of sp³-hybridized carbons (Fsp3) is 0.278. The number of nitrogens with one attached hydrogen (secondary N) is 1. The van der Waals surface area contributed by atoms with E-state index < -0.39 is 5.54 Å². The predicted molar refractivity (Wildman–Crippen MR) is 87.7 cm³/mol. The summed E-state index contributed by atoms with van der Waals surface area (Å²) < 4.78 is 20.6. The molecule has 23 heavy (non-hydrogen) atoms. The maximum Gasteiger partial charge on any atom is 0.419 e. The second-order valence-corrected chi connectivity index (χ2v) is 6.19. The van der Waals surface area contributed by atoms with E-state index in [-0.39, 0.29) is 11.6 Å². The van der Waals surface area contributed by atoms with E-state index in [9.17, 15) is 9.18 Å². The molecule has 0 aliphatic heterocycles. The van der Waals surface area contributed by atoms with Gasteiger partial charge < -0.3 is 9.73 Å². The van der Waals surface area contributed by atoms with E-state index in [4.69, 9.17) is 4.42 Å². The fourth-order valence-electron chi connectivity index (χ4n) is 2.67. The second kappa shape index (κ2) is 5.66. The molecule has 0 saturated carbocycles. The van der Waals surface area contributed by atoms with Crippen LogP contribution in [0.1, 0.15) is 25.0 Å². The van der Waals surface area contributed by atoms with E-state index >= 15 is 0 Å². The third-order valence-corrected chi connectivity index (χ3v) is 4.14. The lowest BCUT2D eigenvalue weighted by Gasteiger charge is -2.27. The minimum atomic E-state index is -0.516. The lowest BCUT2D eigenvalue weighted by molar-refractivity contribution is 0.383. The van der Waals surface area contributed by atoms with Gasteiger partial charge in [-0.25, -0.2) is 9.18 Å². The van der Waals surface area contributed by atoms with E-state index in [0.29, 0.717) is 17.7 Å². The Morgan fingerprint density at radius 1 is 1.22 bits per heavy atom. The van der Waals surface area contributed by atoms with Crippen LogP contribution in [-0.2, 0) is 19.1 Å². The quantitative estimate of drug-likeness (QED) is 0.804. The Bertz CT molecular complexity index is 909. The van der Waals surface area contributed by atoms with Crippen molar-refractivity contribution >= 4 is 11.1 Å². The number of benzene rings is 2. The second-order valence-electron chi connectivity index (χ2n) is 6.19. The van der Waals surface area contributed by atoms with Crippen molar-refractivity contribution in [1.82, 2.24) is 9.88 Å². The normalized spacial score (nSPS) is 12.0. The summed E-state index contributed by atoms with van der Waals surface area (Å²) in [5.74, 6) is -0.605. The number of hydrogen-bond donors (Lipinski definition) is 1. The molecular formula is C18H19FN2O2. The van der Waals surface area contributed by atoms with E-state index in [1.54, 1.807) is 19.2 Å². The Morgan fingerprint density at radius 2 is 1.96 bits per heavy atom. The van der Waals surface area contributed by atoms with Gasteiger partial charge in [-0.15, -0.1) is 0 Å². The highest BCUT2D eigenvalue weighted by Gasteiger charge is 2.23. The van der Waals surface area contributed by atoms with Gasteiger partial charge in [0.1, 0.15) is 5.82 Å². The van der Waals surface area contributed by atoms with Gasteiger partial charge in [0.2, 0.25) is 0 Å².